The second-order valence-corrected chi connectivity index (χ2v) is 3.95. The molecule has 1 unspecified atom stereocenters. The molecular weight excluding hydrogens is 212 g/mol. The molecule has 0 saturated heterocycles. The normalized spacial score (nSPS) is 13.4. The first kappa shape index (κ1) is 13.1. The SMILES string of the molecule is CCC(CO)NS(=O)(=O)NC(=O)OC. The summed E-state index contributed by atoms with van der Waals surface area (Å²) in [6.45, 7) is 1.36. The summed E-state index contributed by atoms with van der Waals surface area (Å²) in [5, 5.41) is 8.71. The van der Waals surface area contributed by atoms with E-state index in [2.05, 4.69) is 9.46 Å². The number of aliphatic hydroxyl groups is 1. The van der Waals surface area contributed by atoms with Crippen LogP contribution in [0.25, 0.3) is 0 Å². The predicted molar refractivity (Wildman–Crippen MR) is 48.8 cm³/mol. The number of aliphatic hydroxyl groups excluding tert-OH is 1. The van der Waals surface area contributed by atoms with Gasteiger partial charge in [-0.1, -0.05) is 6.92 Å². The Morgan fingerprint density at radius 1 is 1.57 bits per heavy atom. The molecule has 0 rings (SSSR count). The van der Waals surface area contributed by atoms with Crippen LogP contribution in [-0.4, -0.2) is 39.4 Å². The van der Waals surface area contributed by atoms with Crippen LogP contribution >= 0.6 is 0 Å². The molecule has 0 saturated carbocycles. The number of carbonyl (C=O) groups is 1. The van der Waals surface area contributed by atoms with Crippen molar-refractivity contribution in [2.75, 3.05) is 13.7 Å². The molecular formula is C6H14N2O5S. The Balaban J connectivity index is 4.27. The summed E-state index contributed by atoms with van der Waals surface area (Å²) in [5.41, 5.74) is 0. The van der Waals surface area contributed by atoms with Crippen molar-refractivity contribution in [2.45, 2.75) is 19.4 Å². The lowest BCUT2D eigenvalue weighted by molar-refractivity contribution is 0.177. The maximum Gasteiger partial charge on any atom is 0.421 e. The monoisotopic (exact) mass is 226 g/mol. The van der Waals surface area contributed by atoms with Gasteiger partial charge < -0.3 is 9.84 Å². The van der Waals surface area contributed by atoms with E-state index in [1.165, 1.54) is 0 Å². The van der Waals surface area contributed by atoms with Crippen LogP contribution in [0, 0.1) is 0 Å². The largest absolute Gasteiger partial charge is 0.452 e. The minimum atomic E-state index is -3.95. The highest BCUT2D eigenvalue weighted by atomic mass is 32.2. The average molecular weight is 226 g/mol. The smallest absolute Gasteiger partial charge is 0.421 e. The van der Waals surface area contributed by atoms with Crippen LogP contribution in [0.4, 0.5) is 4.79 Å². The molecule has 0 fully saturated rings. The van der Waals surface area contributed by atoms with Gasteiger partial charge in [-0.15, -0.1) is 0 Å². The van der Waals surface area contributed by atoms with E-state index < -0.39 is 22.3 Å². The molecule has 1 amide bonds. The quantitative estimate of drug-likeness (QED) is 0.554. The molecule has 3 N–H and O–H groups in total. The van der Waals surface area contributed by atoms with E-state index in [0.717, 1.165) is 7.11 Å². The summed E-state index contributed by atoms with van der Waals surface area (Å²) in [6.07, 6.45) is -0.663. The topological polar surface area (TPSA) is 105 Å². The summed E-state index contributed by atoms with van der Waals surface area (Å²) in [5.74, 6) is 0. The van der Waals surface area contributed by atoms with Gasteiger partial charge >= 0.3 is 16.3 Å². The molecule has 14 heavy (non-hydrogen) atoms. The third-order valence-corrected chi connectivity index (χ3v) is 2.52. The fourth-order valence-electron chi connectivity index (χ4n) is 0.650. The highest BCUT2D eigenvalue weighted by Gasteiger charge is 2.18. The van der Waals surface area contributed by atoms with Crippen molar-refractivity contribution in [3.63, 3.8) is 0 Å². The molecule has 0 aromatic carbocycles. The maximum atomic E-state index is 11.1. The maximum absolute atomic E-state index is 11.1. The molecule has 0 spiro atoms. The molecule has 0 aliphatic rings. The first-order chi connectivity index (χ1) is 6.45. The third-order valence-electron chi connectivity index (χ3n) is 1.44. The second kappa shape index (κ2) is 5.78. The Bertz CT molecular complexity index is 272. The van der Waals surface area contributed by atoms with Crippen LogP contribution in [-0.2, 0) is 14.9 Å². The molecule has 0 aromatic heterocycles. The van der Waals surface area contributed by atoms with Crippen molar-refractivity contribution in [1.29, 1.82) is 0 Å². The van der Waals surface area contributed by atoms with Crippen molar-refractivity contribution >= 4 is 16.3 Å². The van der Waals surface area contributed by atoms with Gasteiger partial charge in [0.15, 0.2) is 0 Å². The molecule has 8 heteroatoms. The number of hydrogen-bond acceptors (Lipinski definition) is 5. The Morgan fingerprint density at radius 2 is 2.14 bits per heavy atom. The van der Waals surface area contributed by atoms with Gasteiger partial charge in [0.25, 0.3) is 0 Å². The zero-order valence-electron chi connectivity index (χ0n) is 7.98. The van der Waals surface area contributed by atoms with Crippen molar-refractivity contribution in [1.82, 2.24) is 9.44 Å². The number of rotatable bonds is 5. The lowest BCUT2D eigenvalue weighted by Gasteiger charge is -2.13. The van der Waals surface area contributed by atoms with Gasteiger partial charge in [-0.25, -0.2) is 9.52 Å². The van der Waals surface area contributed by atoms with E-state index in [9.17, 15) is 13.2 Å². The van der Waals surface area contributed by atoms with E-state index >= 15 is 0 Å². The first-order valence-corrected chi connectivity index (χ1v) is 5.42. The van der Waals surface area contributed by atoms with Crippen molar-refractivity contribution in [3.8, 4) is 0 Å². The molecule has 0 radical (unpaired) electrons. The third kappa shape index (κ3) is 5.00. The summed E-state index contributed by atoms with van der Waals surface area (Å²) in [7, 11) is -2.90. The van der Waals surface area contributed by atoms with Crippen LogP contribution in [0.3, 0.4) is 0 Å². The Morgan fingerprint density at radius 3 is 2.50 bits per heavy atom. The van der Waals surface area contributed by atoms with Crippen molar-refractivity contribution < 1.29 is 23.1 Å². The minimum absolute atomic E-state index is 0.335. The van der Waals surface area contributed by atoms with E-state index in [1.807, 2.05) is 0 Å². The van der Waals surface area contributed by atoms with Gasteiger partial charge in [0.2, 0.25) is 0 Å². The predicted octanol–water partition coefficient (Wildman–Crippen LogP) is -1.05. The number of amides is 1. The van der Waals surface area contributed by atoms with E-state index in [0.29, 0.717) is 6.42 Å². The number of carbonyl (C=O) groups excluding carboxylic acids is 1. The molecule has 0 heterocycles. The van der Waals surface area contributed by atoms with Gasteiger partial charge in [0.1, 0.15) is 0 Å². The number of methoxy groups -OCH3 is 1. The van der Waals surface area contributed by atoms with Crippen LogP contribution in [0.2, 0.25) is 0 Å². The minimum Gasteiger partial charge on any atom is -0.452 e. The Kier molecular flexibility index (Phi) is 5.43. The molecule has 1 atom stereocenters. The van der Waals surface area contributed by atoms with Gasteiger partial charge in [-0.2, -0.15) is 13.1 Å². The standard InChI is InChI=1S/C6H14N2O5S/c1-3-5(4-9)7-14(11,12)8-6(10)13-2/h5,7,9H,3-4H2,1-2H3,(H,8,10). The Labute approximate surface area is 82.6 Å². The molecule has 0 aliphatic heterocycles. The zero-order valence-corrected chi connectivity index (χ0v) is 8.80. The Hall–Kier alpha value is -0.860. The van der Waals surface area contributed by atoms with Crippen LogP contribution in [0.5, 0.6) is 0 Å². The van der Waals surface area contributed by atoms with Crippen LogP contribution in [0.1, 0.15) is 13.3 Å². The van der Waals surface area contributed by atoms with Crippen LogP contribution in [0.15, 0.2) is 0 Å². The highest BCUT2D eigenvalue weighted by molar-refractivity contribution is 7.88. The number of ether oxygens (including phenoxy) is 1. The van der Waals surface area contributed by atoms with E-state index in [1.54, 1.807) is 11.6 Å². The summed E-state index contributed by atoms with van der Waals surface area (Å²) >= 11 is 0. The van der Waals surface area contributed by atoms with Gasteiger partial charge in [0, 0.05) is 6.04 Å². The lowest BCUT2D eigenvalue weighted by Crippen LogP contribution is -2.46. The number of hydrogen-bond donors (Lipinski definition) is 3. The van der Waals surface area contributed by atoms with Gasteiger partial charge in [-0.05, 0) is 6.42 Å². The highest BCUT2D eigenvalue weighted by Crippen LogP contribution is 1.91. The van der Waals surface area contributed by atoms with E-state index in [-0.39, 0.29) is 6.61 Å². The molecule has 0 aromatic rings. The summed E-state index contributed by atoms with van der Waals surface area (Å²) in [4.78, 5) is 10.6. The summed E-state index contributed by atoms with van der Waals surface area (Å²) in [6, 6.07) is -0.614. The van der Waals surface area contributed by atoms with Gasteiger partial charge in [0.05, 0.1) is 13.7 Å². The van der Waals surface area contributed by atoms with Crippen molar-refractivity contribution in [3.05, 3.63) is 0 Å². The van der Waals surface area contributed by atoms with Crippen molar-refractivity contribution in [2.24, 2.45) is 0 Å². The molecule has 0 bridgehead atoms. The molecule has 7 nitrogen and oxygen atoms in total. The zero-order chi connectivity index (χ0) is 11.2. The van der Waals surface area contributed by atoms with E-state index in [4.69, 9.17) is 5.11 Å². The summed E-state index contributed by atoms with van der Waals surface area (Å²) < 4.78 is 30.0. The lowest BCUT2D eigenvalue weighted by atomic mass is 10.3. The fraction of sp³-hybridized carbons (Fsp3) is 0.833. The number of nitrogens with one attached hydrogen (secondary N) is 2. The molecule has 0 aliphatic carbocycles. The first-order valence-electron chi connectivity index (χ1n) is 3.94. The fourth-order valence-corrected chi connectivity index (χ4v) is 1.69. The van der Waals surface area contributed by atoms with Gasteiger partial charge in [-0.3, -0.25) is 0 Å². The van der Waals surface area contributed by atoms with Crippen LogP contribution < -0.4 is 9.44 Å². The molecule has 84 valence electrons. The second-order valence-electron chi connectivity index (χ2n) is 2.50. The average Bonchev–Trinajstić information content (AvgIpc) is 2.13.